The summed E-state index contributed by atoms with van der Waals surface area (Å²) in [4.78, 5) is 15.2. The second kappa shape index (κ2) is 5.13. The van der Waals surface area contributed by atoms with Crippen LogP contribution >= 0.6 is 0 Å². The van der Waals surface area contributed by atoms with Crippen LogP contribution in [0, 0.1) is 5.82 Å². The Kier molecular flexibility index (Phi) is 3.29. The van der Waals surface area contributed by atoms with Crippen LogP contribution in [0.1, 0.15) is 30.2 Å². The summed E-state index contributed by atoms with van der Waals surface area (Å²) in [7, 11) is 0. The molecule has 0 bridgehead atoms. The van der Waals surface area contributed by atoms with E-state index in [4.69, 9.17) is 0 Å². The summed E-state index contributed by atoms with van der Waals surface area (Å²) in [6.45, 7) is 4.10. The van der Waals surface area contributed by atoms with Crippen LogP contribution < -0.4 is 0 Å². The number of aromatic nitrogens is 2. The number of carbonyl (C=O) groups excluding carboxylic acids is 1. The Bertz CT molecular complexity index is 821. The molecule has 0 aliphatic heterocycles. The normalized spacial score (nSPS) is 11.2. The summed E-state index contributed by atoms with van der Waals surface area (Å²) in [5.41, 5.74) is 2.68. The van der Waals surface area contributed by atoms with Crippen LogP contribution in [-0.4, -0.2) is 15.8 Å². The van der Waals surface area contributed by atoms with Gasteiger partial charge in [-0.2, -0.15) is 0 Å². The van der Waals surface area contributed by atoms with Gasteiger partial charge in [-0.25, -0.2) is 4.39 Å². The van der Waals surface area contributed by atoms with E-state index in [1.165, 1.54) is 6.20 Å². The first-order valence-corrected chi connectivity index (χ1v) is 6.82. The molecule has 3 rings (SSSR count). The monoisotopic (exact) mass is 282 g/mol. The third kappa shape index (κ3) is 2.13. The van der Waals surface area contributed by atoms with Gasteiger partial charge in [0.1, 0.15) is 5.82 Å². The smallest absolute Gasteiger partial charge is 0.152 e. The van der Waals surface area contributed by atoms with Crippen LogP contribution in [0.5, 0.6) is 0 Å². The number of hydrogen-bond donors (Lipinski definition) is 0. The molecule has 21 heavy (non-hydrogen) atoms. The molecule has 0 fully saturated rings. The predicted molar refractivity (Wildman–Crippen MR) is 80.9 cm³/mol. The highest BCUT2D eigenvalue weighted by atomic mass is 19.1. The fourth-order valence-corrected chi connectivity index (χ4v) is 2.68. The summed E-state index contributed by atoms with van der Waals surface area (Å²) >= 11 is 0. The molecule has 2 aromatic heterocycles. The van der Waals surface area contributed by atoms with E-state index in [0.29, 0.717) is 16.7 Å². The van der Waals surface area contributed by atoms with Gasteiger partial charge in [0.2, 0.25) is 0 Å². The Balaban J connectivity index is 2.40. The van der Waals surface area contributed by atoms with E-state index in [9.17, 15) is 9.18 Å². The zero-order valence-corrected chi connectivity index (χ0v) is 11.9. The number of aldehydes is 1. The van der Waals surface area contributed by atoms with Crippen molar-refractivity contribution in [3.8, 4) is 11.1 Å². The van der Waals surface area contributed by atoms with Crippen molar-refractivity contribution >= 4 is 17.2 Å². The zero-order valence-electron chi connectivity index (χ0n) is 11.9. The number of hydrogen-bond acceptors (Lipinski definition) is 2. The zero-order chi connectivity index (χ0) is 15.0. The first-order chi connectivity index (χ1) is 10.1. The summed E-state index contributed by atoms with van der Waals surface area (Å²) in [5.74, 6) is -0.390. The lowest BCUT2D eigenvalue weighted by molar-refractivity contribution is 0.112. The van der Waals surface area contributed by atoms with Gasteiger partial charge in [-0.1, -0.05) is 12.1 Å². The molecule has 0 saturated carbocycles. The molecule has 3 aromatic rings. The molecule has 106 valence electrons. The van der Waals surface area contributed by atoms with Crippen LogP contribution in [0.15, 0.2) is 42.9 Å². The van der Waals surface area contributed by atoms with Gasteiger partial charge >= 0.3 is 0 Å². The van der Waals surface area contributed by atoms with Crippen molar-refractivity contribution in [2.45, 2.75) is 19.9 Å². The number of carbonyl (C=O) groups is 1. The number of nitrogens with zero attached hydrogens (tertiary/aromatic N) is 2. The Morgan fingerprint density at radius 1 is 1.24 bits per heavy atom. The largest absolute Gasteiger partial charge is 0.344 e. The Labute approximate surface area is 122 Å². The summed E-state index contributed by atoms with van der Waals surface area (Å²) < 4.78 is 16.1. The van der Waals surface area contributed by atoms with Gasteiger partial charge < -0.3 is 4.57 Å². The molecule has 0 amide bonds. The number of fused-ring (bicyclic) bond motifs is 1. The van der Waals surface area contributed by atoms with Crippen LogP contribution in [0.4, 0.5) is 4.39 Å². The average molecular weight is 282 g/mol. The molecule has 0 aliphatic carbocycles. The minimum absolute atomic E-state index is 0.221. The van der Waals surface area contributed by atoms with E-state index in [1.54, 1.807) is 12.3 Å². The van der Waals surface area contributed by atoms with Crippen molar-refractivity contribution < 1.29 is 9.18 Å². The van der Waals surface area contributed by atoms with E-state index in [0.717, 1.165) is 17.2 Å². The minimum atomic E-state index is -0.390. The first kappa shape index (κ1) is 13.5. The van der Waals surface area contributed by atoms with E-state index in [2.05, 4.69) is 4.98 Å². The number of halogens is 1. The van der Waals surface area contributed by atoms with E-state index in [-0.39, 0.29) is 11.9 Å². The first-order valence-electron chi connectivity index (χ1n) is 6.82. The summed E-state index contributed by atoms with van der Waals surface area (Å²) in [6.07, 6.45) is 5.39. The van der Waals surface area contributed by atoms with Gasteiger partial charge in [-0.15, -0.1) is 0 Å². The van der Waals surface area contributed by atoms with Crippen LogP contribution in [-0.2, 0) is 0 Å². The van der Waals surface area contributed by atoms with Gasteiger partial charge in [0.25, 0.3) is 0 Å². The van der Waals surface area contributed by atoms with Gasteiger partial charge in [-0.05, 0) is 31.5 Å². The van der Waals surface area contributed by atoms with Crippen LogP contribution in [0.25, 0.3) is 22.0 Å². The molecule has 0 radical (unpaired) electrons. The van der Waals surface area contributed by atoms with Crippen molar-refractivity contribution in [3.05, 3.63) is 54.2 Å². The molecule has 0 unspecified atom stereocenters. The Morgan fingerprint density at radius 2 is 2.05 bits per heavy atom. The Morgan fingerprint density at radius 3 is 2.71 bits per heavy atom. The molecule has 0 spiro atoms. The van der Waals surface area contributed by atoms with Crippen molar-refractivity contribution in [2.24, 2.45) is 0 Å². The van der Waals surface area contributed by atoms with Crippen LogP contribution in [0.2, 0.25) is 0 Å². The molecule has 3 nitrogen and oxygen atoms in total. The Hall–Kier alpha value is -2.49. The fourth-order valence-electron chi connectivity index (χ4n) is 2.68. The molecule has 1 aromatic carbocycles. The van der Waals surface area contributed by atoms with E-state index >= 15 is 0 Å². The average Bonchev–Trinajstić information content (AvgIpc) is 2.87. The SMILES string of the molecule is CC(C)n1cc(C=O)c2c(-c3ccncc3F)cccc21. The maximum absolute atomic E-state index is 14.0. The topological polar surface area (TPSA) is 34.9 Å². The molecule has 0 aliphatic rings. The minimum Gasteiger partial charge on any atom is -0.344 e. The number of rotatable bonds is 3. The van der Waals surface area contributed by atoms with Crippen molar-refractivity contribution in [2.75, 3.05) is 0 Å². The maximum atomic E-state index is 14.0. The third-order valence-corrected chi connectivity index (χ3v) is 3.63. The lowest BCUT2D eigenvalue weighted by Crippen LogP contribution is -1.98. The van der Waals surface area contributed by atoms with Crippen molar-refractivity contribution in [1.29, 1.82) is 0 Å². The summed E-state index contributed by atoms with van der Waals surface area (Å²) in [6, 6.07) is 7.51. The van der Waals surface area contributed by atoms with Crippen LogP contribution in [0.3, 0.4) is 0 Å². The molecule has 0 atom stereocenters. The highest BCUT2D eigenvalue weighted by molar-refractivity contribution is 6.06. The highest BCUT2D eigenvalue weighted by Crippen LogP contribution is 2.34. The molecular weight excluding hydrogens is 267 g/mol. The highest BCUT2D eigenvalue weighted by Gasteiger charge is 2.16. The van der Waals surface area contributed by atoms with Gasteiger partial charge in [0, 0.05) is 40.5 Å². The predicted octanol–water partition coefficient (Wildman–Crippen LogP) is 4.24. The fraction of sp³-hybridized carbons (Fsp3) is 0.176. The van der Waals surface area contributed by atoms with Gasteiger partial charge in [0.05, 0.1) is 6.20 Å². The second-order valence-electron chi connectivity index (χ2n) is 5.26. The molecule has 2 heterocycles. The van der Waals surface area contributed by atoms with Gasteiger partial charge in [0.15, 0.2) is 6.29 Å². The summed E-state index contributed by atoms with van der Waals surface area (Å²) in [5, 5.41) is 0.784. The molecule has 4 heteroatoms. The quantitative estimate of drug-likeness (QED) is 0.674. The third-order valence-electron chi connectivity index (χ3n) is 3.63. The van der Waals surface area contributed by atoms with E-state index in [1.807, 2.05) is 42.8 Å². The molecular formula is C17H15FN2O. The second-order valence-corrected chi connectivity index (χ2v) is 5.26. The lowest BCUT2D eigenvalue weighted by Gasteiger charge is -2.10. The number of benzene rings is 1. The lowest BCUT2D eigenvalue weighted by atomic mass is 10.00. The standard InChI is InChI=1S/C17H15FN2O/c1-11(2)20-9-12(10-21)17-14(4-3-5-16(17)20)13-6-7-19-8-15(13)18/h3-11H,1-2H3. The maximum Gasteiger partial charge on any atom is 0.152 e. The van der Waals surface area contributed by atoms with E-state index < -0.39 is 0 Å². The van der Waals surface area contributed by atoms with Crippen molar-refractivity contribution in [3.63, 3.8) is 0 Å². The molecule has 0 N–H and O–H groups in total. The van der Waals surface area contributed by atoms with Gasteiger partial charge in [-0.3, -0.25) is 9.78 Å². The van der Waals surface area contributed by atoms with Crippen molar-refractivity contribution in [1.82, 2.24) is 9.55 Å². The molecule has 0 saturated heterocycles. The number of pyridine rings is 1.